The molecule has 1 saturated carbocycles. The van der Waals surface area contributed by atoms with Crippen molar-refractivity contribution in [3.8, 4) is 0 Å². The summed E-state index contributed by atoms with van der Waals surface area (Å²) in [6.07, 6.45) is 3.70. The highest BCUT2D eigenvalue weighted by molar-refractivity contribution is 5.20. The van der Waals surface area contributed by atoms with Gasteiger partial charge in [0.15, 0.2) is 0 Å². The third-order valence-electron chi connectivity index (χ3n) is 3.30. The Morgan fingerprint density at radius 1 is 1.18 bits per heavy atom. The molecule has 5 nitrogen and oxygen atoms in total. The van der Waals surface area contributed by atoms with Gasteiger partial charge in [0.2, 0.25) is 5.89 Å². The van der Waals surface area contributed by atoms with Crippen molar-refractivity contribution >= 4 is 6.01 Å². The number of hydrogen-bond donors (Lipinski definition) is 2. The van der Waals surface area contributed by atoms with Crippen molar-refractivity contribution in [1.82, 2.24) is 15.5 Å². The van der Waals surface area contributed by atoms with Crippen LogP contribution in [-0.4, -0.2) is 23.3 Å². The van der Waals surface area contributed by atoms with Gasteiger partial charge in [0.25, 0.3) is 0 Å². The van der Waals surface area contributed by atoms with Gasteiger partial charge in [-0.25, -0.2) is 0 Å². The summed E-state index contributed by atoms with van der Waals surface area (Å²) in [4.78, 5) is 0. The van der Waals surface area contributed by atoms with Crippen molar-refractivity contribution in [3.05, 3.63) is 5.89 Å². The number of nitrogens with zero attached hydrogens (tertiary/aromatic N) is 2. The molecule has 96 valence electrons. The molecule has 1 heterocycles. The lowest BCUT2D eigenvalue weighted by atomic mass is 9.80. The van der Waals surface area contributed by atoms with Gasteiger partial charge < -0.3 is 15.1 Å². The van der Waals surface area contributed by atoms with E-state index in [0.717, 1.165) is 11.8 Å². The molecule has 1 aliphatic rings. The Hall–Kier alpha value is -1.10. The maximum atomic E-state index is 5.50. The van der Waals surface area contributed by atoms with E-state index in [0.29, 0.717) is 24.5 Å². The van der Waals surface area contributed by atoms with Gasteiger partial charge in [-0.05, 0) is 38.1 Å². The second kappa shape index (κ2) is 5.49. The van der Waals surface area contributed by atoms with Crippen molar-refractivity contribution in [2.45, 2.75) is 45.7 Å². The van der Waals surface area contributed by atoms with E-state index in [9.17, 15) is 0 Å². The third kappa shape index (κ3) is 3.43. The molecule has 0 saturated heterocycles. The summed E-state index contributed by atoms with van der Waals surface area (Å²) in [7, 11) is 1.86. The Labute approximate surface area is 102 Å². The smallest absolute Gasteiger partial charge is 0.315 e. The first-order valence-corrected chi connectivity index (χ1v) is 6.41. The summed E-state index contributed by atoms with van der Waals surface area (Å²) < 4.78 is 5.50. The van der Waals surface area contributed by atoms with Gasteiger partial charge in [-0.2, -0.15) is 0 Å². The summed E-state index contributed by atoms with van der Waals surface area (Å²) in [5.74, 6) is 2.18. The normalized spacial score (nSPS) is 29.2. The van der Waals surface area contributed by atoms with E-state index >= 15 is 0 Å². The van der Waals surface area contributed by atoms with Crippen molar-refractivity contribution < 1.29 is 4.42 Å². The molecule has 0 spiro atoms. The minimum atomic E-state index is 0.469. The molecule has 5 heteroatoms. The highest BCUT2D eigenvalue weighted by Gasteiger charge is 2.24. The van der Waals surface area contributed by atoms with E-state index in [1.165, 1.54) is 19.3 Å². The molecule has 1 aliphatic carbocycles. The molecule has 2 unspecified atom stereocenters. The zero-order valence-electron chi connectivity index (χ0n) is 10.9. The monoisotopic (exact) mass is 238 g/mol. The summed E-state index contributed by atoms with van der Waals surface area (Å²) in [6.45, 7) is 5.24. The van der Waals surface area contributed by atoms with Crippen LogP contribution in [0.3, 0.4) is 0 Å². The Balaban J connectivity index is 1.90. The van der Waals surface area contributed by atoms with Crippen LogP contribution in [0.25, 0.3) is 0 Å². The van der Waals surface area contributed by atoms with Crippen LogP contribution < -0.4 is 10.6 Å². The number of hydrogen-bond acceptors (Lipinski definition) is 5. The van der Waals surface area contributed by atoms with E-state index in [-0.39, 0.29) is 0 Å². The van der Waals surface area contributed by atoms with Gasteiger partial charge in [0.1, 0.15) is 0 Å². The molecule has 1 fully saturated rings. The standard InChI is InChI=1S/C12H22N4O/c1-8-4-9(2)6-10(5-8)14-12-16-15-11(17-12)7-13-3/h8-10,13H,4-7H2,1-3H3,(H,14,16). The first-order chi connectivity index (χ1) is 8.17. The lowest BCUT2D eigenvalue weighted by Gasteiger charge is -2.31. The fourth-order valence-corrected chi connectivity index (χ4v) is 2.77. The average Bonchev–Trinajstić information content (AvgIpc) is 2.64. The first kappa shape index (κ1) is 12.4. The van der Waals surface area contributed by atoms with E-state index in [4.69, 9.17) is 4.42 Å². The third-order valence-corrected chi connectivity index (χ3v) is 3.30. The highest BCUT2D eigenvalue weighted by Crippen LogP contribution is 2.30. The number of nitrogens with one attached hydrogen (secondary N) is 2. The van der Waals surface area contributed by atoms with Crippen LogP contribution in [0.5, 0.6) is 0 Å². The molecule has 0 bridgehead atoms. The largest absolute Gasteiger partial charge is 0.407 e. The molecule has 1 aromatic rings. The molecule has 17 heavy (non-hydrogen) atoms. The molecular weight excluding hydrogens is 216 g/mol. The zero-order valence-corrected chi connectivity index (χ0v) is 10.9. The fourth-order valence-electron chi connectivity index (χ4n) is 2.77. The van der Waals surface area contributed by atoms with Gasteiger partial charge in [-0.1, -0.05) is 18.9 Å². The summed E-state index contributed by atoms with van der Waals surface area (Å²) in [5.41, 5.74) is 0. The lowest BCUT2D eigenvalue weighted by molar-refractivity contribution is 0.277. The van der Waals surface area contributed by atoms with Crippen LogP contribution in [0.1, 0.15) is 39.0 Å². The zero-order chi connectivity index (χ0) is 12.3. The van der Waals surface area contributed by atoms with Crippen LogP contribution in [0, 0.1) is 11.8 Å². The quantitative estimate of drug-likeness (QED) is 0.840. The molecular formula is C12H22N4O. The van der Waals surface area contributed by atoms with E-state index in [2.05, 4.69) is 34.7 Å². The number of anilines is 1. The van der Waals surface area contributed by atoms with Gasteiger partial charge >= 0.3 is 6.01 Å². The van der Waals surface area contributed by atoms with E-state index in [1.807, 2.05) is 7.05 Å². The van der Waals surface area contributed by atoms with Crippen molar-refractivity contribution in [1.29, 1.82) is 0 Å². The second-order valence-electron chi connectivity index (χ2n) is 5.29. The second-order valence-corrected chi connectivity index (χ2v) is 5.29. The fraction of sp³-hybridized carbons (Fsp3) is 0.833. The van der Waals surface area contributed by atoms with Crippen molar-refractivity contribution in [3.63, 3.8) is 0 Å². The van der Waals surface area contributed by atoms with E-state index < -0.39 is 0 Å². The lowest BCUT2D eigenvalue weighted by Crippen LogP contribution is -2.30. The van der Waals surface area contributed by atoms with Crippen LogP contribution in [0.15, 0.2) is 4.42 Å². The molecule has 0 radical (unpaired) electrons. The molecule has 1 aromatic heterocycles. The van der Waals surface area contributed by atoms with Crippen LogP contribution in [0.2, 0.25) is 0 Å². The van der Waals surface area contributed by atoms with Crippen molar-refractivity contribution in [2.75, 3.05) is 12.4 Å². The van der Waals surface area contributed by atoms with Gasteiger partial charge in [-0.3, -0.25) is 0 Å². The summed E-state index contributed by atoms with van der Waals surface area (Å²) in [5, 5.41) is 14.3. The maximum absolute atomic E-state index is 5.50. The van der Waals surface area contributed by atoms with Crippen molar-refractivity contribution in [2.24, 2.45) is 11.8 Å². The van der Waals surface area contributed by atoms with Gasteiger partial charge in [0.05, 0.1) is 6.54 Å². The molecule has 2 rings (SSSR count). The SMILES string of the molecule is CNCc1nnc(NC2CC(C)CC(C)C2)o1. The Bertz CT molecular complexity index is 342. The predicted octanol–water partition coefficient (Wildman–Crippen LogP) is 2.03. The molecule has 0 aliphatic heterocycles. The van der Waals surface area contributed by atoms with Crippen LogP contribution in [-0.2, 0) is 6.54 Å². The Kier molecular flexibility index (Phi) is 3.99. The van der Waals surface area contributed by atoms with E-state index in [1.54, 1.807) is 0 Å². The maximum Gasteiger partial charge on any atom is 0.315 e. The molecule has 2 atom stereocenters. The summed E-state index contributed by atoms with van der Waals surface area (Å²) in [6, 6.07) is 1.03. The first-order valence-electron chi connectivity index (χ1n) is 6.41. The minimum Gasteiger partial charge on any atom is -0.407 e. The summed E-state index contributed by atoms with van der Waals surface area (Å²) >= 11 is 0. The number of rotatable bonds is 4. The van der Waals surface area contributed by atoms with Crippen LogP contribution >= 0.6 is 0 Å². The van der Waals surface area contributed by atoms with Gasteiger partial charge in [-0.15, -0.1) is 5.10 Å². The molecule has 0 aromatic carbocycles. The molecule has 2 N–H and O–H groups in total. The van der Waals surface area contributed by atoms with Crippen LogP contribution in [0.4, 0.5) is 6.01 Å². The Morgan fingerprint density at radius 3 is 2.53 bits per heavy atom. The number of aromatic nitrogens is 2. The molecule has 0 amide bonds. The predicted molar refractivity (Wildman–Crippen MR) is 66.7 cm³/mol. The topological polar surface area (TPSA) is 63.0 Å². The average molecular weight is 238 g/mol. The minimum absolute atomic E-state index is 0.469. The Morgan fingerprint density at radius 2 is 1.88 bits per heavy atom. The highest BCUT2D eigenvalue weighted by atomic mass is 16.4. The van der Waals surface area contributed by atoms with Gasteiger partial charge in [0, 0.05) is 6.04 Å².